The van der Waals surface area contributed by atoms with Crippen molar-refractivity contribution in [1.82, 2.24) is 4.90 Å². The monoisotopic (exact) mass is 433 g/mol. The van der Waals surface area contributed by atoms with Crippen molar-refractivity contribution in [1.29, 1.82) is 0 Å². The lowest BCUT2D eigenvalue weighted by atomic mass is 10.1. The third kappa shape index (κ3) is 5.33. The summed E-state index contributed by atoms with van der Waals surface area (Å²) in [7, 11) is 3.98. The lowest BCUT2D eigenvalue weighted by molar-refractivity contribution is -0.117. The molecule has 2 amide bonds. The van der Waals surface area contributed by atoms with Crippen LogP contribution in [0.5, 0.6) is 0 Å². The number of carbonyl (C=O) groups excluding carboxylic acids is 2. The topological polar surface area (TPSA) is 52.7 Å². The first kappa shape index (κ1) is 21.1. The fourth-order valence-electron chi connectivity index (χ4n) is 3.58. The molecular weight excluding hydrogens is 406 g/mol. The van der Waals surface area contributed by atoms with Crippen molar-refractivity contribution in [3.63, 3.8) is 0 Å². The highest BCUT2D eigenvalue weighted by atomic mass is 32.1. The van der Waals surface area contributed by atoms with Crippen LogP contribution < -0.4 is 10.2 Å². The summed E-state index contributed by atoms with van der Waals surface area (Å²) in [5, 5.41) is 4.96. The molecule has 2 aromatic carbocycles. The predicted molar refractivity (Wildman–Crippen MR) is 126 cm³/mol. The summed E-state index contributed by atoms with van der Waals surface area (Å²) in [6.07, 6.45) is 1.93. The van der Waals surface area contributed by atoms with E-state index in [4.69, 9.17) is 0 Å². The number of rotatable bonds is 8. The second kappa shape index (κ2) is 9.35. The minimum absolute atomic E-state index is 0.0102. The Morgan fingerprint density at radius 1 is 1.00 bits per heavy atom. The van der Waals surface area contributed by atoms with Crippen LogP contribution in [0.2, 0.25) is 0 Å². The minimum atomic E-state index is 0.0102. The molecule has 1 aromatic heterocycles. The lowest BCUT2D eigenvalue weighted by Gasteiger charge is -2.26. The maximum atomic E-state index is 13.3. The zero-order valence-corrected chi connectivity index (χ0v) is 18.7. The van der Waals surface area contributed by atoms with Gasteiger partial charge in [0.25, 0.3) is 5.91 Å². The molecular formula is C25H27N3O2S. The first-order valence-corrected chi connectivity index (χ1v) is 11.4. The normalized spacial score (nSPS) is 13.0. The number of amides is 2. The van der Waals surface area contributed by atoms with Gasteiger partial charge in [-0.1, -0.05) is 36.4 Å². The fraction of sp³-hybridized carbons (Fsp3) is 0.280. The maximum absolute atomic E-state index is 13.3. The Morgan fingerprint density at radius 3 is 2.42 bits per heavy atom. The maximum Gasteiger partial charge on any atom is 0.264 e. The SMILES string of the molecule is CN(C)c1ccc(NC(=O)C2CC2)cc1CN(Cc1ccccc1)C(=O)c1cccs1. The molecule has 3 aromatic rings. The van der Waals surface area contributed by atoms with Gasteiger partial charge in [0.15, 0.2) is 0 Å². The molecule has 31 heavy (non-hydrogen) atoms. The number of nitrogens with zero attached hydrogens (tertiary/aromatic N) is 2. The molecule has 1 aliphatic carbocycles. The summed E-state index contributed by atoms with van der Waals surface area (Å²) < 4.78 is 0. The van der Waals surface area contributed by atoms with E-state index in [0.29, 0.717) is 13.1 Å². The van der Waals surface area contributed by atoms with Crippen LogP contribution in [0, 0.1) is 5.92 Å². The summed E-state index contributed by atoms with van der Waals surface area (Å²) in [4.78, 5) is 30.2. The largest absolute Gasteiger partial charge is 0.377 e. The Bertz CT molecular complexity index is 1040. The number of carbonyl (C=O) groups is 2. The molecule has 0 spiro atoms. The Hall–Kier alpha value is -3.12. The van der Waals surface area contributed by atoms with Crippen molar-refractivity contribution < 1.29 is 9.59 Å². The molecule has 5 nitrogen and oxygen atoms in total. The van der Waals surface area contributed by atoms with Gasteiger partial charge in [-0.15, -0.1) is 11.3 Å². The standard InChI is InChI=1S/C25H27N3O2S/c1-27(2)22-13-12-21(26-24(29)19-10-11-19)15-20(22)17-28(16-18-7-4-3-5-8-18)25(30)23-9-6-14-31-23/h3-9,12-15,19H,10-11,16-17H2,1-2H3,(H,26,29). The van der Waals surface area contributed by atoms with Gasteiger partial charge in [0.1, 0.15) is 0 Å². The molecule has 0 atom stereocenters. The number of nitrogens with one attached hydrogen (secondary N) is 1. The summed E-state index contributed by atoms with van der Waals surface area (Å²) in [5.74, 6) is 0.238. The van der Waals surface area contributed by atoms with Crippen molar-refractivity contribution in [2.75, 3.05) is 24.3 Å². The van der Waals surface area contributed by atoms with Gasteiger partial charge in [0, 0.05) is 44.5 Å². The van der Waals surface area contributed by atoms with E-state index in [1.165, 1.54) is 11.3 Å². The summed E-state index contributed by atoms with van der Waals surface area (Å²) in [6.45, 7) is 0.968. The van der Waals surface area contributed by atoms with Crippen LogP contribution in [0.4, 0.5) is 11.4 Å². The van der Waals surface area contributed by atoms with Crippen LogP contribution in [0.15, 0.2) is 66.0 Å². The van der Waals surface area contributed by atoms with Crippen molar-refractivity contribution >= 4 is 34.5 Å². The average molecular weight is 434 g/mol. The predicted octanol–water partition coefficient (Wildman–Crippen LogP) is 5.01. The van der Waals surface area contributed by atoms with Gasteiger partial charge in [0.2, 0.25) is 5.91 Å². The average Bonchev–Trinajstić information content (AvgIpc) is 3.48. The Morgan fingerprint density at radius 2 is 1.77 bits per heavy atom. The van der Waals surface area contributed by atoms with Crippen molar-refractivity contribution in [2.24, 2.45) is 5.92 Å². The number of hydrogen-bond acceptors (Lipinski definition) is 4. The number of hydrogen-bond donors (Lipinski definition) is 1. The molecule has 1 aliphatic rings. The van der Waals surface area contributed by atoms with Gasteiger partial charge in [-0.2, -0.15) is 0 Å². The smallest absolute Gasteiger partial charge is 0.264 e. The Kier molecular flexibility index (Phi) is 6.37. The van der Waals surface area contributed by atoms with Crippen LogP contribution >= 0.6 is 11.3 Å². The Balaban J connectivity index is 1.63. The zero-order valence-electron chi connectivity index (χ0n) is 17.9. The molecule has 0 bridgehead atoms. The van der Waals surface area contributed by atoms with Gasteiger partial charge in [0.05, 0.1) is 4.88 Å². The first-order valence-electron chi connectivity index (χ1n) is 10.5. The minimum Gasteiger partial charge on any atom is -0.377 e. The molecule has 1 fully saturated rings. The van der Waals surface area contributed by atoms with Crippen molar-refractivity contribution in [3.8, 4) is 0 Å². The highest BCUT2D eigenvalue weighted by Crippen LogP contribution is 2.31. The second-order valence-electron chi connectivity index (χ2n) is 8.13. The molecule has 0 radical (unpaired) electrons. The number of thiophene rings is 1. The molecule has 1 N–H and O–H groups in total. The highest BCUT2D eigenvalue weighted by Gasteiger charge is 2.29. The third-order valence-electron chi connectivity index (χ3n) is 5.37. The van der Waals surface area contributed by atoms with E-state index in [1.807, 2.05) is 89.9 Å². The van der Waals surface area contributed by atoms with E-state index >= 15 is 0 Å². The van der Waals surface area contributed by atoms with Gasteiger partial charge in [-0.05, 0) is 53.6 Å². The van der Waals surface area contributed by atoms with E-state index in [1.54, 1.807) is 0 Å². The van der Waals surface area contributed by atoms with Gasteiger partial charge < -0.3 is 15.1 Å². The highest BCUT2D eigenvalue weighted by molar-refractivity contribution is 7.12. The summed E-state index contributed by atoms with van der Waals surface area (Å²) in [6, 6.07) is 19.7. The van der Waals surface area contributed by atoms with E-state index in [2.05, 4.69) is 5.32 Å². The molecule has 4 rings (SSSR count). The van der Waals surface area contributed by atoms with E-state index in [0.717, 1.165) is 40.2 Å². The molecule has 0 aliphatic heterocycles. The first-order chi connectivity index (χ1) is 15.0. The summed E-state index contributed by atoms with van der Waals surface area (Å²) >= 11 is 1.45. The van der Waals surface area contributed by atoms with E-state index < -0.39 is 0 Å². The number of anilines is 2. The Labute approximate surface area is 187 Å². The lowest BCUT2D eigenvalue weighted by Crippen LogP contribution is -2.30. The van der Waals surface area contributed by atoms with Crippen LogP contribution in [0.3, 0.4) is 0 Å². The molecule has 0 unspecified atom stereocenters. The second-order valence-corrected chi connectivity index (χ2v) is 9.07. The van der Waals surface area contributed by atoms with Crippen LogP contribution in [-0.2, 0) is 17.9 Å². The molecule has 1 heterocycles. The van der Waals surface area contributed by atoms with E-state index in [9.17, 15) is 9.59 Å². The molecule has 0 saturated heterocycles. The van der Waals surface area contributed by atoms with Gasteiger partial charge >= 0.3 is 0 Å². The molecule has 6 heteroatoms. The van der Waals surface area contributed by atoms with Gasteiger partial charge in [-0.3, -0.25) is 9.59 Å². The van der Waals surface area contributed by atoms with Crippen LogP contribution in [0.25, 0.3) is 0 Å². The van der Waals surface area contributed by atoms with Crippen molar-refractivity contribution in [3.05, 3.63) is 82.0 Å². The van der Waals surface area contributed by atoms with Crippen LogP contribution in [-0.4, -0.2) is 30.8 Å². The third-order valence-corrected chi connectivity index (χ3v) is 6.23. The van der Waals surface area contributed by atoms with Gasteiger partial charge in [-0.25, -0.2) is 0 Å². The fourth-order valence-corrected chi connectivity index (χ4v) is 4.27. The van der Waals surface area contributed by atoms with E-state index in [-0.39, 0.29) is 17.7 Å². The molecule has 1 saturated carbocycles. The zero-order chi connectivity index (χ0) is 21.8. The summed E-state index contributed by atoms with van der Waals surface area (Å²) in [5.41, 5.74) is 3.89. The van der Waals surface area contributed by atoms with Crippen molar-refractivity contribution in [2.45, 2.75) is 25.9 Å². The quantitative estimate of drug-likeness (QED) is 0.544. The van der Waals surface area contributed by atoms with Crippen LogP contribution in [0.1, 0.15) is 33.6 Å². The number of benzene rings is 2. The molecule has 160 valence electrons.